The quantitative estimate of drug-likeness (QED) is 0.906. The number of carbonyl (C=O) groups excluding carboxylic acids is 1. The van der Waals surface area contributed by atoms with Gasteiger partial charge in [-0.2, -0.15) is 0 Å². The first-order chi connectivity index (χ1) is 10.2. The number of pyridine rings is 1. The van der Waals surface area contributed by atoms with Gasteiger partial charge in [-0.1, -0.05) is 18.9 Å². The summed E-state index contributed by atoms with van der Waals surface area (Å²) in [5.41, 5.74) is 2.26. The van der Waals surface area contributed by atoms with E-state index in [-0.39, 0.29) is 24.5 Å². The van der Waals surface area contributed by atoms with Crippen molar-refractivity contribution in [2.45, 2.75) is 38.6 Å². The van der Waals surface area contributed by atoms with E-state index in [0.717, 1.165) is 37.0 Å². The molecule has 1 aliphatic rings. The van der Waals surface area contributed by atoms with Crippen LogP contribution in [0.5, 0.6) is 0 Å². The van der Waals surface area contributed by atoms with Gasteiger partial charge in [0.15, 0.2) is 0 Å². The second-order valence-electron chi connectivity index (χ2n) is 5.83. The van der Waals surface area contributed by atoms with Crippen LogP contribution in [0.15, 0.2) is 24.4 Å². The molecular weight excluding hydrogens is 266 g/mol. The van der Waals surface area contributed by atoms with E-state index in [0.29, 0.717) is 5.69 Å². The highest BCUT2D eigenvalue weighted by atomic mass is 16.3. The van der Waals surface area contributed by atoms with Crippen molar-refractivity contribution in [2.75, 3.05) is 6.61 Å². The number of amides is 1. The maximum absolute atomic E-state index is 12.4. The Kier molecular flexibility index (Phi) is 3.92. The highest BCUT2D eigenvalue weighted by Crippen LogP contribution is 2.24. The zero-order valence-corrected chi connectivity index (χ0v) is 12.2. The largest absolute Gasteiger partial charge is 0.396 e. The van der Waals surface area contributed by atoms with Gasteiger partial charge < -0.3 is 14.8 Å². The van der Waals surface area contributed by atoms with Gasteiger partial charge in [0.25, 0.3) is 5.91 Å². The summed E-state index contributed by atoms with van der Waals surface area (Å²) in [6, 6.07) is 5.87. The van der Waals surface area contributed by atoms with Crippen molar-refractivity contribution >= 4 is 11.6 Å². The van der Waals surface area contributed by atoms with E-state index in [1.807, 2.05) is 29.5 Å². The Bertz CT molecular complexity index is 650. The molecule has 2 aromatic heterocycles. The SMILES string of the molecule is Cc1cccc2nc(C(=O)NC3CCCCC3CO)cn12. The topological polar surface area (TPSA) is 66.6 Å². The fourth-order valence-corrected chi connectivity index (χ4v) is 3.12. The van der Waals surface area contributed by atoms with Crippen LogP contribution < -0.4 is 5.32 Å². The van der Waals surface area contributed by atoms with Gasteiger partial charge in [0.2, 0.25) is 0 Å². The van der Waals surface area contributed by atoms with Gasteiger partial charge in [-0.25, -0.2) is 4.98 Å². The molecule has 0 saturated heterocycles. The van der Waals surface area contributed by atoms with Crippen molar-refractivity contribution in [1.82, 2.24) is 14.7 Å². The van der Waals surface area contributed by atoms with E-state index in [4.69, 9.17) is 0 Å². The number of aryl methyl sites for hydroxylation is 1. The van der Waals surface area contributed by atoms with Crippen LogP contribution in [0.3, 0.4) is 0 Å². The molecule has 0 spiro atoms. The Morgan fingerprint density at radius 3 is 3.00 bits per heavy atom. The van der Waals surface area contributed by atoms with Crippen LogP contribution in [0.1, 0.15) is 41.9 Å². The first-order valence-corrected chi connectivity index (χ1v) is 7.55. The molecule has 0 aromatic carbocycles. The third-order valence-corrected chi connectivity index (χ3v) is 4.39. The van der Waals surface area contributed by atoms with Gasteiger partial charge in [0.1, 0.15) is 11.3 Å². The molecule has 2 heterocycles. The molecule has 21 heavy (non-hydrogen) atoms. The van der Waals surface area contributed by atoms with E-state index in [2.05, 4.69) is 10.3 Å². The highest BCUT2D eigenvalue weighted by Gasteiger charge is 2.26. The number of nitrogens with one attached hydrogen (secondary N) is 1. The van der Waals surface area contributed by atoms with E-state index < -0.39 is 0 Å². The minimum atomic E-state index is -0.150. The van der Waals surface area contributed by atoms with Crippen LogP contribution >= 0.6 is 0 Å². The average Bonchev–Trinajstić information content (AvgIpc) is 2.93. The molecule has 2 unspecified atom stereocenters. The number of carbonyl (C=O) groups is 1. The number of aliphatic hydroxyl groups excluding tert-OH is 1. The monoisotopic (exact) mass is 287 g/mol. The number of rotatable bonds is 3. The standard InChI is InChI=1S/C16H21N3O2/c1-11-5-4-8-15-17-14(9-19(11)15)16(21)18-13-7-3-2-6-12(13)10-20/h4-5,8-9,12-13,20H,2-3,6-7,10H2,1H3,(H,18,21). The van der Waals surface area contributed by atoms with Crippen LogP contribution in [0, 0.1) is 12.8 Å². The minimum Gasteiger partial charge on any atom is -0.396 e. The maximum Gasteiger partial charge on any atom is 0.271 e. The summed E-state index contributed by atoms with van der Waals surface area (Å²) in [6.45, 7) is 2.12. The fraction of sp³-hybridized carbons (Fsp3) is 0.500. The number of hydrogen-bond acceptors (Lipinski definition) is 3. The predicted octanol–water partition coefficient (Wildman–Crippen LogP) is 1.92. The summed E-state index contributed by atoms with van der Waals surface area (Å²) in [5.74, 6) is 0.0184. The summed E-state index contributed by atoms with van der Waals surface area (Å²) in [6.07, 6.45) is 5.92. The average molecular weight is 287 g/mol. The zero-order valence-electron chi connectivity index (χ0n) is 12.2. The lowest BCUT2D eigenvalue weighted by molar-refractivity contribution is 0.0868. The smallest absolute Gasteiger partial charge is 0.271 e. The minimum absolute atomic E-state index is 0.0576. The van der Waals surface area contributed by atoms with Crippen molar-refractivity contribution in [3.05, 3.63) is 35.8 Å². The molecule has 1 amide bonds. The summed E-state index contributed by atoms with van der Waals surface area (Å²) < 4.78 is 1.92. The molecule has 5 nitrogen and oxygen atoms in total. The van der Waals surface area contributed by atoms with Crippen molar-refractivity contribution < 1.29 is 9.90 Å². The van der Waals surface area contributed by atoms with Gasteiger partial charge in [-0.15, -0.1) is 0 Å². The normalized spacial score (nSPS) is 22.4. The van der Waals surface area contributed by atoms with Crippen LogP contribution in [-0.4, -0.2) is 33.0 Å². The summed E-state index contributed by atoms with van der Waals surface area (Å²) >= 11 is 0. The lowest BCUT2D eigenvalue weighted by atomic mass is 9.85. The Balaban J connectivity index is 1.78. The Morgan fingerprint density at radius 2 is 2.24 bits per heavy atom. The summed E-state index contributed by atoms with van der Waals surface area (Å²) in [4.78, 5) is 16.8. The Labute approximate surface area is 124 Å². The molecular formula is C16H21N3O2. The molecule has 3 rings (SSSR count). The maximum atomic E-state index is 12.4. The number of aromatic nitrogens is 2. The molecule has 5 heteroatoms. The third kappa shape index (κ3) is 2.78. The molecule has 2 aromatic rings. The van der Waals surface area contributed by atoms with E-state index >= 15 is 0 Å². The van der Waals surface area contributed by atoms with Crippen molar-refractivity contribution in [3.8, 4) is 0 Å². The van der Waals surface area contributed by atoms with Crippen molar-refractivity contribution in [1.29, 1.82) is 0 Å². The van der Waals surface area contributed by atoms with Crippen molar-refractivity contribution in [3.63, 3.8) is 0 Å². The van der Waals surface area contributed by atoms with E-state index in [1.54, 1.807) is 6.20 Å². The predicted molar refractivity (Wildman–Crippen MR) is 80.2 cm³/mol. The van der Waals surface area contributed by atoms with Crippen molar-refractivity contribution in [2.24, 2.45) is 5.92 Å². The molecule has 0 bridgehead atoms. The number of fused-ring (bicyclic) bond motifs is 1. The van der Waals surface area contributed by atoms with E-state index in [1.165, 1.54) is 0 Å². The van der Waals surface area contributed by atoms with Gasteiger partial charge >= 0.3 is 0 Å². The lowest BCUT2D eigenvalue weighted by Crippen LogP contribution is -2.43. The van der Waals surface area contributed by atoms with Crippen LogP contribution in [0.25, 0.3) is 5.65 Å². The first-order valence-electron chi connectivity index (χ1n) is 7.55. The summed E-state index contributed by atoms with van der Waals surface area (Å²) in [7, 11) is 0. The van der Waals surface area contributed by atoms with Crippen LogP contribution in [0.2, 0.25) is 0 Å². The molecule has 0 aliphatic heterocycles. The Hall–Kier alpha value is -1.88. The first kappa shape index (κ1) is 14.1. The third-order valence-electron chi connectivity index (χ3n) is 4.39. The molecule has 0 radical (unpaired) electrons. The molecule has 1 fully saturated rings. The van der Waals surface area contributed by atoms with Gasteiger partial charge in [-0.3, -0.25) is 4.79 Å². The van der Waals surface area contributed by atoms with Crippen LogP contribution in [-0.2, 0) is 0 Å². The molecule has 2 atom stereocenters. The number of nitrogens with zero attached hydrogens (tertiary/aromatic N) is 2. The molecule has 2 N–H and O–H groups in total. The number of aliphatic hydroxyl groups is 1. The fourth-order valence-electron chi connectivity index (χ4n) is 3.12. The van der Waals surface area contributed by atoms with Gasteiger partial charge in [-0.05, 0) is 31.9 Å². The molecule has 112 valence electrons. The highest BCUT2D eigenvalue weighted by molar-refractivity contribution is 5.93. The lowest BCUT2D eigenvalue weighted by Gasteiger charge is -2.30. The molecule has 1 saturated carbocycles. The second kappa shape index (κ2) is 5.85. The van der Waals surface area contributed by atoms with Gasteiger partial charge in [0, 0.05) is 30.5 Å². The number of imidazole rings is 1. The Morgan fingerprint density at radius 1 is 1.43 bits per heavy atom. The number of hydrogen-bond donors (Lipinski definition) is 2. The van der Waals surface area contributed by atoms with Gasteiger partial charge in [0.05, 0.1) is 0 Å². The van der Waals surface area contributed by atoms with E-state index in [9.17, 15) is 9.90 Å². The summed E-state index contributed by atoms with van der Waals surface area (Å²) in [5, 5.41) is 12.5. The zero-order chi connectivity index (χ0) is 14.8. The van der Waals surface area contributed by atoms with Crippen LogP contribution in [0.4, 0.5) is 0 Å². The molecule has 1 aliphatic carbocycles. The second-order valence-corrected chi connectivity index (χ2v) is 5.83.